The number of rotatable bonds is 6. The second-order valence-corrected chi connectivity index (χ2v) is 23.3. The highest BCUT2D eigenvalue weighted by Crippen LogP contribution is 2.35. The van der Waals surface area contributed by atoms with Crippen LogP contribution in [-0.4, -0.2) is 25.3 Å². The van der Waals surface area contributed by atoms with Crippen molar-refractivity contribution in [2.75, 3.05) is 0 Å². The molecule has 2 heterocycles. The van der Waals surface area contributed by atoms with Gasteiger partial charge < -0.3 is 9.13 Å². The van der Waals surface area contributed by atoms with Crippen LogP contribution in [0.2, 0.25) is 38.3 Å². The van der Waals surface area contributed by atoms with Crippen molar-refractivity contribution in [2.24, 2.45) is 0 Å². The van der Waals surface area contributed by atoms with Gasteiger partial charge >= 0.3 is 0 Å². The molecular weight excluding hydrogens is 541 g/mol. The normalized spacial score (nSPS) is 12.7. The molecule has 210 valence electrons. The molecule has 0 bridgehead atoms. The van der Waals surface area contributed by atoms with Crippen LogP contribution in [0.3, 0.4) is 0 Å². The van der Waals surface area contributed by atoms with Crippen LogP contribution in [0.5, 0.6) is 0 Å². The number of aromatic nitrogens is 2. The van der Waals surface area contributed by atoms with Crippen LogP contribution in [0.25, 0.3) is 55.0 Å². The van der Waals surface area contributed by atoms with Crippen molar-refractivity contribution in [3.8, 4) is 11.4 Å². The molecule has 0 aliphatic rings. The number of hydrogen-bond donors (Lipinski definition) is 0. The lowest BCUT2D eigenvalue weighted by Crippen LogP contribution is -2.40. The summed E-state index contributed by atoms with van der Waals surface area (Å²) in [7, 11) is -2.91. The Kier molecular flexibility index (Phi) is 6.34. The van der Waals surface area contributed by atoms with Gasteiger partial charge in [-0.1, -0.05) is 129 Å². The molecule has 5 aromatic carbocycles. The van der Waals surface area contributed by atoms with Gasteiger partial charge in [0.25, 0.3) is 0 Å². The summed E-state index contributed by atoms with van der Waals surface area (Å²) in [6.07, 6.45) is 0. The van der Waals surface area contributed by atoms with E-state index in [0.29, 0.717) is 0 Å². The maximum Gasteiger partial charge on any atom is 0.0803 e. The number of nitrogens with zero attached hydrogens (tertiary/aromatic N) is 2. The van der Waals surface area contributed by atoms with E-state index in [4.69, 9.17) is 0 Å². The van der Waals surface area contributed by atoms with Crippen LogP contribution in [0.15, 0.2) is 109 Å². The van der Waals surface area contributed by atoms with Crippen LogP contribution in [0.1, 0.15) is 13.8 Å². The topological polar surface area (TPSA) is 9.86 Å². The highest BCUT2D eigenvalue weighted by Gasteiger charge is 2.24. The lowest BCUT2D eigenvalue weighted by Gasteiger charge is -2.21. The lowest BCUT2D eigenvalue weighted by molar-refractivity contribution is 1.13. The minimum atomic E-state index is -1.45. The number of para-hydroxylation sites is 2. The molecule has 0 amide bonds. The molecule has 42 heavy (non-hydrogen) atoms. The Morgan fingerprint density at radius 3 is 1.26 bits per heavy atom. The summed E-state index contributed by atoms with van der Waals surface area (Å²) >= 11 is 0. The van der Waals surface area contributed by atoms with Gasteiger partial charge in [0.15, 0.2) is 0 Å². The minimum Gasteiger partial charge on any atom is -0.309 e. The molecule has 2 aromatic heterocycles. The fourth-order valence-electron chi connectivity index (χ4n) is 6.52. The highest BCUT2D eigenvalue weighted by molar-refractivity contribution is 6.90. The molecule has 4 heteroatoms. The second kappa shape index (κ2) is 9.86. The lowest BCUT2D eigenvalue weighted by atomic mass is 10.1. The fraction of sp³-hybridized carbons (Fsp3) is 0.211. The standard InChI is InChI=1S/C38H40N2Si2/c1-7-41(3,4)29-20-22-37-33(25-29)31-16-9-11-18-35(31)39(37)27-14-13-15-28(24-27)40-36-19-12-10-17-32(36)34-26-30(21-23-38(34)40)42(5,6)8-2/h9-26H,7-8H2,1-6H3. The third kappa shape index (κ3) is 4.11. The van der Waals surface area contributed by atoms with Crippen molar-refractivity contribution in [2.45, 2.75) is 52.1 Å². The molecule has 0 atom stereocenters. The van der Waals surface area contributed by atoms with E-state index in [1.807, 2.05) is 0 Å². The van der Waals surface area contributed by atoms with Crippen molar-refractivity contribution in [3.63, 3.8) is 0 Å². The fourth-order valence-corrected chi connectivity index (χ4v) is 9.48. The summed E-state index contributed by atoms with van der Waals surface area (Å²) in [5.41, 5.74) is 7.46. The van der Waals surface area contributed by atoms with E-state index in [1.54, 1.807) is 0 Å². The Hall–Kier alpha value is -3.87. The number of hydrogen-bond acceptors (Lipinski definition) is 0. The first-order valence-electron chi connectivity index (χ1n) is 15.4. The molecule has 0 radical (unpaired) electrons. The Balaban J connectivity index is 1.47. The molecule has 0 aliphatic heterocycles. The van der Waals surface area contributed by atoms with E-state index >= 15 is 0 Å². The summed E-state index contributed by atoms with van der Waals surface area (Å²) in [4.78, 5) is 0. The smallest absolute Gasteiger partial charge is 0.0803 e. The molecule has 0 unspecified atom stereocenters. The van der Waals surface area contributed by atoms with Gasteiger partial charge in [0.05, 0.1) is 38.2 Å². The van der Waals surface area contributed by atoms with Crippen LogP contribution >= 0.6 is 0 Å². The second-order valence-electron chi connectivity index (χ2n) is 13.2. The third-order valence-electron chi connectivity index (χ3n) is 10.0. The molecule has 0 N–H and O–H groups in total. The molecule has 0 aliphatic carbocycles. The Bertz CT molecular complexity index is 1980. The van der Waals surface area contributed by atoms with Gasteiger partial charge in [0.1, 0.15) is 0 Å². The monoisotopic (exact) mass is 580 g/mol. The van der Waals surface area contributed by atoms with Crippen LogP contribution in [0, 0.1) is 0 Å². The zero-order valence-corrected chi connectivity index (χ0v) is 27.7. The Morgan fingerprint density at radius 2 is 0.833 bits per heavy atom. The largest absolute Gasteiger partial charge is 0.309 e. The van der Waals surface area contributed by atoms with E-state index in [0.717, 1.165) is 0 Å². The third-order valence-corrected chi connectivity index (χ3v) is 17.3. The van der Waals surface area contributed by atoms with Gasteiger partial charge in [-0.25, -0.2) is 0 Å². The van der Waals surface area contributed by atoms with Gasteiger partial charge in [-0.05, 0) is 42.5 Å². The maximum absolute atomic E-state index is 2.49. The Morgan fingerprint density at radius 1 is 0.429 bits per heavy atom. The van der Waals surface area contributed by atoms with Crippen molar-refractivity contribution < 1.29 is 0 Å². The number of benzene rings is 5. The molecule has 7 aromatic rings. The summed E-state index contributed by atoms with van der Waals surface area (Å²) in [6, 6.07) is 43.9. The first kappa shape index (κ1) is 27.0. The molecule has 0 spiro atoms. The quantitative estimate of drug-likeness (QED) is 0.173. The number of fused-ring (bicyclic) bond motifs is 6. The molecular formula is C38H40N2Si2. The maximum atomic E-state index is 2.49. The molecule has 0 fully saturated rings. The van der Waals surface area contributed by atoms with Crippen molar-refractivity contribution in [1.29, 1.82) is 0 Å². The SMILES string of the molecule is CC[Si](C)(C)c1ccc2c(c1)c1ccccc1n2-c1cccc(-n2c3ccccc3c3cc([Si](C)(C)CC)ccc32)c1. The van der Waals surface area contributed by atoms with E-state index < -0.39 is 16.1 Å². The average molecular weight is 581 g/mol. The molecule has 2 nitrogen and oxygen atoms in total. The van der Waals surface area contributed by atoms with Crippen LogP contribution < -0.4 is 10.4 Å². The average Bonchev–Trinajstić information content (AvgIpc) is 3.53. The molecule has 0 saturated heterocycles. The van der Waals surface area contributed by atoms with Gasteiger partial charge in [0.2, 0.25) is 0 Å². The van der Waals surface area contributed by atoms with Gasteiger partial charge in [-0.2, -0.15) is 0 Å². The first-order chi connectivity index (χ1) is 20.2. The highest BCUT2D eigenvalue weighted by atomic mass is 28.3. The minimum absolute atomic E-state index is 1.19. The van der Waals surface area contributed by atoms with Crippen molar-refractivity contribution >= 4 is 70.1 Å². The van der Waals surface area contributed by atoms with Gasteiger partial charge in [-0.3, -0.25) is 0 Å². The zero-order chi connectivity index (χ0) is 29.2. The summed E-state index contributed by atoms with van der Waals surface area (Å²) in [6.45, 7) is 14.6. The summed E-state index contributed by atoms with van der Waals surface area (Å²) < 4.78 is 4.92. The van der Waals surface area contributed by atoms with E-state index in [9.17, 15) is 0 Å². The van der Waals surface area contributed by atoms with Gasteiger partial charge in [-0.15, -0.1) is 0 Å². The molecule has 0 saturated carbocycles. The van der Waals surface area contributed by atoms with E-state index in [1.165, 1.54) is 77.4 Å². The van der Waals surface area contributed by atoms with E-state index in [2.05, 4.69) is 158 Å². The van der Waals surface area contributed by atoms with Crippen molar-refractivity contribution in [3.05, 3.63) is 109 Å². The first-order valence-corrected chi connectivity index (χ1v) is 21.8. The molecule has 7 rings (SSSR count). The zero-order valence-electron chi connectivity index (χ0n) is 25.7. The summed E-state index contributed by atoms with van der Waals surface area (Å²) in [5.74, 6) is 0. The summed E-state index contributed by atoms with van der Waals surface area (Å²) in [5, 5.41) is 8.44. The van der Waals surface area contributed by atoms with Crippen molar-refractivity contribution in [1.82, 2.24) is 9.13 Å². The van der Waals surface area contributed by atoms with E-state index in [-0.39, 0.29) is 0 Å². The predicted octanol–water partition coefficient (Wildman–Crippen LogP) is 9.75. The van der Waals surface area contributed by atoms with Crippen LogP contribution in [0.4, 0.5) is 0 Å². The van der Waals surface area contributed by atoms with Crippen LogP contribution in [-0.2, 0) is 0 Å². The van der Waals surface area contributed by atoms with Gasteiger partial charge in [0, 0.05) is 32.9 Å². The Labute approximate surface area is 251 Å². The predicted molar refractivity (Wildman–Crippen MR) is 190 cm³/mol.